The van der Waals surface area contributed by atoms with Crippen LogP contribution in [0.4, 0.5) is 0 Å². The molecule has 6 nitrogen and oxygen atoms in total. The van der Waals surface area contributed by atoms with Gasteiger partial charge in [-0.1, -0.05) is 18.2 Å². The van der Waals surface area contributed by atoms with Gasteiger partial charge in [0.25, 0.3) is 0 Å². The highest BCUT2D eigenvalue weighted by Crippen LogP contribution is 2.06. The number of hydrogen-bond acceptors (Lipinski definition) is 5. The van der Waals surface area contributed by atoms with Gasteiger partial charge in [-0.25, -0.2) is 13.1 Å². The second-order valence-electron chi connectivity index (χ2n) is 3.28. The molecule has 0 radical (unpaired) electrons. The second-order valence-corrected chi connectivity index (χ2v) is 5.05. The Labute approximate surface area is 105 Å². The first-order valence-electron chi connectivity index (χ1n) is 5.13. The van der Waals surface area contributed by atoms with Crippen LogP contribution in [-0.4, -0.2) is 27.5 Å². The fourth-order valence-corrected chi connectivity index (χ4v) is 2.21. The van der Waals surface area contributed by atoms with Crippen LogP contribution in [0, 0.1) is 11.3 Å². The van der Waals surface area contributed by atoms with Crippen molar-refractivity contribution in [1.29, 1.82) is 5.26 Å². The summed E-state index contributed by atoms with van der Waals surface area (Å²) in [6.45, 7) is -0.397. The summed E-state index contributed by atoms with van der Waals surface area (Å²) in [5.74, 6) is -0.618. The zero-order chi connectivity index (χ0) is 13.4. The molecule has 0 saturated carbocycles. The molecule has 1 aromatic carbocycles. The van der Waals surface area contributed by atoms with Gasteiger partial charge in [0.2, 0.25) is 10.0 Å². The summed E-state index contributed by atoms with van der Waals surface area (Å²) in [6, 6.07) is 9.48. The predicted molar refractivity (Wildman–Crippen MR) is 62.8 cm³/mol. The van der Waals surface area contributed by atoms with E-state index >= 15 is 0 Å². The lowest BCUT2D eigenvalue weighted by molar-refractivity contribution is -0.142. The van der Waals surface area contributed by atoms with Crippen LogP contribution in [0.5, 0.6) is 0 Å². The molecule has 0 amide bonds. The molecule has 0 aliphatic heterocycles. The highest BCUT2D eigenvalue weighted by atomic mass is 32.2. The van der Waals surface area contributed by atoms with Crippen molar-refractivity contribution in [3.05, 3.63) is 30.3 Å². The normalized spacial score (nSPS) is 10.6. The van der Waals surface area contributed by atoms with E-state index in [1.807, 2.05) is 0 Å². The highest BCUT2D eigenvalue weighted by molar-refractivity contribution is 7.89. The maximum atomic E-state index is 11.7. The van der Waals surface area contributed by atoms with Gasteiger partial charge < -0.3 is 4.74 Å². The first-order valence-corrected chi connectivity index (χ1v) is 6.62. The highest BCUT2D eigenvalue weighted by Gasteiger charge is 2.13. The van der Waals surface area contributed by atoms with Crippen molar-refractivity contribution in [2.45, 2.75) is 11.3 Å². The maximum absolute atomic E-state index is 11.7. The molecule has 0 heterocycles. The Bertz CT molecular complexity index is 534. The van der Waals surface area contributed by atoms with E-state index in [1.165, 1.54) is 12.1 Å². The Morgan fingerprint density at radius 1 is 1.33 bits per heavy atom. The van der Waals surface area contributed by atoms with Gasteiger partial charge in [-0.2, -0.15) is 5.26 Å². The lowest BCUT2D eigenvalue weighted by atomic mass is 10.4. The molecule has 1 N–H and O–H groups in total. The molecule has 18 heavy (non-hydrogen) atoms. The molecule has 0 atom stereocenters. The molecule has 96 valence electrons. The number of rotatable bonds is 6. The molecule has 0 unspecified atom stereocenters. The van der Waals surface area contributed by atoms with Crippen LogP contribution in [-0.2, 0) is 19.6 Å². The Morgan fingerprint density at radius 3 is 2.61 bits per heavy atom. The third-order valence-electron chi connectivity index (χ3n) is 1.97. The summed E-state index contributed by atoms with van der Waals surface area (Å²) >= 11 is 0. The maximum Gasteiger partial charge on any atom is 0.308 e. The van der Waals surface area contributed by atoms with Crippen molar-refractivity contribution in [1.82, 2.24) is 4.72 Å². The van der Waals surface area contributed by atoms with Crippen LogP contribution in [0.25, 0.3) is 0 Å². The van der Waals surface area contributed by atoms with E-state index in [0.29, 0.717) is 0 Å². The predicted octanol–water partition coefficient (Wildman–Crippen LogP) is 0.422. The van der Waals surface area contributed by atoms with Gasteiger partial charge in [0.1, 0.15) is 6.07 Å². The van der Waals surface area contributed by atoms with Crippen molar-refractivity contribution >= 4 is 16.0 Å². The van der Waals surface area contributed by atoms with Gasteiger partial charge in [0, 0.05) is 6.54 Å². The van der Waals surface area contributed by atoms with Crippen LogP contribution < -0.4 is 4.72 Å². The van der Waals surface area contributed by atoms with Gasteiger partial charge in [0.05, 0.1) is 11.3 Å². The minimum atomic E-state index is -3.60. The standard InChI is InChI=1S/C11H12N2O4S/c12-7-9-17-11(14)6-8-13-18(15,16)10-4-2-1-3-5-10/h1-5,13H,6,8-9H2. The Balaban J connectivity index is 2.45. The van der Waals surface area contributed by atoms with Crippen molar-refractivity contribution in [2.24, 2.45) is 0 Å². The third-order valence-corrected chi connectivity index (χ3v) is 3.45. The lowest BCUT2D eigenvalue weighted by Gasteiger charge is -2.05. The lowest BCUT2D eigenvalue weighted by Crippen LogP contribution is -2.26. The number of benzene rings is 1. The molecule has 0 aliphatic carbocycles. The number of ether oxygens (including phenoxy) is 1. The van der Waals surface area contributed by atoms with Gasteiger partial charge in [-0.05, 0) is 12.1 Å². The molecule has 7 heteroatoms. The molecule has 0 fully saturated rings. The number of nitrogens with one attached hydrogen (secondary N) is 1. The van der Waals surface area contributed by atoms with Gasteiger partial charge in [0.15, 0.2) is 6.61 Å². The molecular formula is C11H12N2O4S. The summed E-state index contributed by atoms with van der Waals surface area (Å²) < 4.78 is 30.2. The first-order chi connectivity index (χ1) is 8.56. The van der Waals surface area contributed by atoms with Gasteiger partial charge in [-0.3, -0.25) is 4.79 Å². The first kappa shape index (κ1) is 14.2. The SMILES string of the molecule is N#CCOC(=O)CCNS(=O)(=O)c1ccccc1. The molecule has 0 bridgehead atoms. The fourth-order valence-electron chi connectivity index (χ4n) is 1.16. The number of nitrogens with zero attached hydrogens (tertiary/aromatic N) is 1. The van der Waals surface area contributed by atoms with Crippen molar-refractivity contribution in [3.63, 3.8) is 0 Å². The van der Waals surface area contributed by atoms with E-state index < -0.39 is 16.0 Å². The molecule has 1 aromatic rings. The molecule has 0 aliphatic rings. The minimum absolute atomic E-state index is 0.0680. The summed E-state index contributed by atoms with van der Waals surface area (Å²) in [7, 11) is -3.60. The summed E-state index contributed by atoms with van der Waals surface area (Å²) in [4.78, 5) is 11.2. The van der Waals surface area contributed by atoms with E-state index in [-0.39, 0.29) is 24.5 Å². The van der Waals surface area contributed by atoms with Crippen LogP contribution in [0.2, 0.25) is 0 Å². The van der Waals surface area contributed by atoms with Gasteiger partial charge in [-0.15, -0.1) is 0 Å². The molecule has 0 spiro atoms. The summed E-state index contributed by atoms with van der Waals surface area (Å²) in [6.07, 6.45) is -0.117. The van der Waals surface area contributed by atoms with Crippen LogP contribution in [0.3, 0.4) is 0 Å². The third kappa shape index (κ3) is 4.53. The number of hydrogen-bond donors (Lipinski definition) is 1. The smallest absolute Gasteiger partial charge is 0.308 e. The average molecular weight is 268 g/mol. The number of esters is 1. The number of nitriles is 1. The Hall–Kier alpha value is -1.91. The van der Waals surface area contributed by atoms with E-state index in [1.54, 1.807) is 24.3 Å². The van der Waals surface area contributed by atoms with Crippen molar-refractivity contribution in [3.8, 4) is 6.07 Å². The minimum Gasteiger partial charge on any atom is -0.450 e. The Morgan fingerprint density at radius 2 is 2.00 bits per heavy atom. The topological polar surface area (TPSA) is 96.3 Å². The number of carbonyl (C=O) groups excluding carboxylic acids is 1. The van der Waals surface area contributed by atoms with E-state index in [9.17, 15) is 13.2 Å². The second kappa shape index (κ2) is 6.74. The van der Waals surface area contributed by atoms with Crippen LogP contribution >= 0.6 is 0 Å². The van der Waals surface area contributed by atoms with Crippen LogP contribution in [0.15, 0.2) is 35.2 Å². The summed E-state index contributed by atoms with van der Waals surface area (Å²) in [5.41, 5.74) is 0. The average Bonchev–Trinajstić information content (AvgIpc) is 2.37. The summed E-state index contributed by atoms with van der Waals surface area (Å²) in [5, 5.41) is 8.18. The molecule has 0 saturated heterocycles. The monoisotopic (exact) mass is 268 g/mol. The largest absolute Gasteiger partial charge is 0.450 e. The van der Waals surface area contributed by atoms with Crippen molar-refractivity contribution < 1.29 is 17.9 Å². The van der Waals surface area contributed by atoms with Gasteiger partial charge >= 0.3 is 5.97 Å². The number of sulfonamides is 1. The zero-order valence-corrected chi connectivity index (χ0v) is 10.3. The zero-order valence-electron chi connectivity index (χ0n) is 9.50. The molecule has 1 rings (SSSR count). The van der Waals surface area contributed by atoms with Crippen molar-refractivity contribution in [2.75, 3.05) is 13.2 Å². The number of carbonyl (C=O) groups is 1. The van der Waals surface area contributed by atoms with E-state index in [0.717, 1.165) is 0 Å². The molecule has 0 aromatic heterocycles. The fraction of sp³-hybridized carbons (Fsp3) is 0.273. The quantitative estimate of drug-likeness (QED) is 0.754. The molecular weight excluding hydrogens is 256 g/mol. The van der Waals surface area contributed by atoms with E-state index in [2.05, 4.69) is 9.46 Å². The van der Waals surface area contributed by atoms with Crippen LogP contribution in [0.1, 0.15) is 6.42 Å². The van der Waals surface area contributed by atoms with E-state index in [4.69, 9.17) is 5.26 Å². The Kier molecular flexibility index (Phi) is 5.30.